The molecule has 0 heterocycles. The van der Waals surface area contributed by atoms with Crippen molar-refractivity contribution < 1.29 is 18.3 Å². The Balaban J connectivity index is 1.61. The van der Waals surface area contributed by atoms with E-state index in [4.69, 9.17) is 11.6 Å². The Morgan fingerprint density at radius 2 is 1.82 bits per heavy atom. The highest BCUT2D eigenvalue weighted by atomic mass is 35.5. The second-order valence-electron chi connectivity index (χ2n) is 8.05. The van der Waals surface area contributed by atoms with Gasteiger partial charge in [-0.15, -0.1) is 0 Å². The number of anilines is 1. The third kappa shape index (κ3) is 5.12. The molecule has 1 aliphatic carbocycles. The number of carbonyl (C=O) groups excluding carboxylic acids is 1. The van der Waals surface area contributed by atoms with E-state index >= 15 is 0 Å². The normalized spacial score (nSPS) is 17.9. The average molecular weight is 485 g/mol. The summed E-state index contributed by atoms with van der Waals surface area (Å²) in [7, 11) is -3.86. The fourth-order valence-electron chi connectivity index (χ4n) is 3.99. The number of carbonyl (C=O) groups is 1. The molecule has 0 aromatic heterocycles. The second kappa shape index (κ2) is 9.65. The molecule has 3 N–H and O–H groups in total. The zero-order chi connectivity index (χ0) is 23.6. The van der Waals surface area contributed by atoms with Gasteiger partial charge in [-0.3, -0.25) is 4.79 Å². The predicted octanol–water partition coefficient (Wildman–Crippen LogP) is 4.48. The smallest absolute Gasteiger partial charge is 0.257 e. The van der Waals surface area contributed by atoms with E-state index in [0.29, 0.717) is 34.7 Å². The van der Waals surface area contributed by atoms with Crippen LogP contribution >= 0.6 is 11.6 Å². The van der Waals surface area contributed by atoms with Gasteiger partial charge in [0, 0.05) is 5.69 Å². The molecule has 1 amide bonds. The SMILES string of the molecule is CCc1ccc(S(=O)(=O)N[C@@H]2c3cc(NC(=O)c4ccccc4Cl)ccc3CC[C@H]2O)cc1. The van der Waals surface area contributed by atoms with Crippen molar-refractivity contribution >= 4 is 33.2 Å². The maximum Gasteiger partial charge on any atom is 0.257 e. The molecule has 172 valence electrons. The Kier molecular flexibility index (Phi) is 6.86. The number of rotatable bonds is 6. The van der Waals surface area contributed by atoms with E-state index < -0.39 is 22.2 Å². The third-order valence-corrected chi connectivity index (χ3v) is 7.66. The van der Waals surface area contributed by atoms with E-state index in [0.717, 1.165) is 17.5 Å². The molecule has 8 heteroatoms. The summed E-state index contributed by atoms with van der Waals surface area (Å²) >= 11 is 6.12. The van der Waals surface area contributed by atoms with Crippen molar-refractivity contribution in [3.63, 3.8) is 0 Å². The van der Waals surface area contributed by atoms with Gasteiger partial charge in [0.15, 0.2) is 0 Å². The molecule has 1 aliphatic rings. The van der Waals surface area contributed by atoms with Crippen molar-refractivity contribution in [2.24, 2.45) is 0 Å². The van der Waals surface area contributed by atoms with E-state index in [1.54, 1.807) is 60.7 Å². The lowest BCUT2D eigenvalue weighted by Gasteiger charge is -2.31. The van der Waals surface area contributed by atoms with Gasteiger partial charge < -0.3 is 10.4 Å². The van der Waals surface area contributed by atoms with Crippen molar-refractivity contribution in [1.29, 1.82) is 0 Å². The summed E-state index contributed by atoms with van der Waals surface area (Å²) < 4.78 is 28.7. The molecule has 0 radical (unpaired) electrons. The largest absolute Gasteiger partial charge is 0.391 e. The van der Waals surface area contributed by atoms with Crippen molar-refractivity contribution in [3.8, 4) is 0 Å². The summed E-state index contributed by atoms with van der Waals surface area (Å²) in [6.45, 7) is 2.00. The summed E-state index contributed by atoms with van der Waals surface area (Å²) in [6, 6.07) is 17.9. The lowest BCUT2D eigenvalue weighted by molar-refractivity contribution is 0.102. The molecule has 3 aromatic rings. The molecular formula is C25H25ClN2O4S. The number of hydrogen-bond acceptors (Lipinski definition) is 4. The molecule has 4 rings (SSSR count). The zero-order valence-electron chi connectivity index (χ0n) is 18.1. The van der Waals surface area contributed by atoms with Gasteiger partial charge in [-0.2, -0.15) is 0 Å². The van der Waals surface area contributed by atoms with E-state index in [1.165, 1.54) is 0 Å². The lowest BCUT2D eigenvalue weighted by atomic mass is 9.86. The fourth-order valence-corrected chi connectivity index (χ4v) is 5.46. The average Bonchev–Trinajstić information content (AvgIpc) is 2.81. The minimum Gasteiger partial charge on any atom is -0.391 e. The minimum absolute atomic E-state index is 0.141. The first-order valence-electron chi connectivity index (χ1n) is 10.8. The minimum atomic E-state index is -3.86. The first-order valence-corrected chi connectivity index (χ1v) is 12.6. The van der Waals surface area contributed by atoms with Gasteiger partial charge in [-0.25, -0.2) is 13.1 Å². The van der Waals surface area contributed by atoms with Crippen LogP contribution in [0.3, 0.4) is 0 Å². The number of halogens is 1. The van der Waals surface area contributed by atoms with Gasteiger partial charge in [-0.05, 0) is 72.4 Å². The van der Waals surface area contributed by atoms with Crippen molar-refractivity contribution in [2.45, 2.75) is 43.2 Å². The van der Waals surface area contributed by atoms with Crippen LogP contribution < -0.4 is 10.0 Å². The van der Waals surface area contributed by atoms with Crippen LogP contribution in [0.5, 0.6) is 0 Å². The Morgan fingerprint density at radius 1 is 1.09 bits per heavy atom. The highest BCUT2D eigenvalue weighted by molar-refractivity contribution is 7.89. The molecule has 33 heavy (non-hydrogen) atoms. The third-order valence-electron chi connectivity index (χ3n) is 5.88. The lowest BCUT2D eigenvalue weighted by Crippen LogP contribution is -2.39. The molecular weight excluding hydrogens is 460 g/mol. The fraction of sp³-hybridized carbons (Fsp3) is 0.240. The number of aliphatic hydroxyl groups is 1. The van der Waals surface area contributed by atoms with Crippen LogP contribution in [0.4, 0.5) is 5.69 Å². The van der Waals surface area contributed by atoms with Crippen LogP contribution in [0.15, 0.2) is 71.6 Å². The number of fused-ring (bicyclic) bond motifs is 1. The summed E-state index contributed by atoms with van der Waals surface area (Å²) in [5.41, 5.74) is 3.43. The Bertz CT molecular complexity index is 1280. The molecule has 6 nitrogen and oxygen atoms in total. The molecule has 0 spiro atoms. The number of amides is 1. The van der Waals surface area contributed by atoms with Crippen LogP contribution in [-0.4, -0.2) is 25.5 Å². The summed E-state index contributed by atoms with van der Waals surface area (Å²) in [6.07, 6.45) is 0.959. The van der Waals surface area contributed by atoms with Crippen LogP contribution in [0.1, 0.15) is 46.4 Å². The molecule has 0 saturated carbocycles. The number of aryl methyl sites for hydroxylation is 2. The number of hydrogen-bond donors (Lipinski definition) is 3. The Hall–Kier alpha value is -2.71. The highest BCUT2D eigenvalue weighted by Gasteiger charge is 2.32. The highest BCUT2D eigenvalue weighted by Crippen LogP contribution is 2.33. The van der Waals surface area contributed by atoms with Gasteiger partial charge in [0.25, 0.3) is 5.91 Å². The van der Waals surface area contributed by atoms with E-state index in [-0.39, 0.29) is 10.8 Å². The van der Waals surface area contributed by atoms with Gasteiger partial charge in [0.1, 0.15) is 0 Å². The quantitative estimate of drug-likeness (QED) is 0.480. The molecule has 0 saturated heterocycles. The maximum atomic E-state index is 13.0. The standard InChI is InChI=1S/C25H25ClN2O4S/c1-2-16-7-12-19(13-8-16)33(31,32)28-24-21-15-18(11-9-17(21)10-14-23(24)29)27-25(30)20-5-3-4-6-22(20)26/h3-9,11-13,15,23-24,28-29H,2,10,14H2,1H3,(H,27,30)/t23-,24-/m1/s1. The monoisotopic (exact) mass is 484 g/mol. The van der Waals surface area contributed by atoms with Gasteiger partial charge in [0.05, 0.1) is 27.6 Å². The Morgan fingerprint density at radius 3 is 2.52 bits per heavy atom. The van der Waals surface area contributed by atoms with Crippen molar-refractivity contribution in [1.82, 2.24) is 4.72 Å². The molecule has 0 unspecified atom stereocenters. The topological polar surface area (TPSA) is 95.5 Å². The number of sulfonamides is 1. The van der Waals surface area contributed by atoms with Gasteiger partial charge >= 0.3 is 0 Å². The van der Waals surface area contributed by atoms with Gasteiger partial charge in [-0.1, -0.05) is 48.9 Å². The zero-order valence-corrected chi connectivity index (χ0v) is 19.7. The van der Waals surface area contributed by atoms with E-state index in [9.17, 15) is 18.3 Å². The van der Waals surface area contributed by atoms with Crippen LogP contribution in [0.2, 0.25) is 5.02 Å². The number of aliphatic hydroxyl groups excluding tert-OH is 1. The van der Waals surface area contributed by atoms with Crippen LogP contribution in [0, 0.1) is 0 Å². The van der Waals surface area contributed by atoms with Crippen LogP contribution in [0.25, 0.3) is 0 Å². The summed E-state index contributed by atoms with van der Waals surface area (Å²) in [5.74, 6) is -0.370. The van der Waals surface area contributed by atoms with Gasteiger partial charge in [0.2, 0.25) is 10.0 Å². The molecule has 3 aromatic carbocycles. The van der Waals surface area contributed by atoms with Crippen molar-refractivity contribution in [2.75, 3.05) is 5.32 Å². The van der Waals surface area contributed by atoms with Crippen molar-refractivity contribution in [3.05, 3.63) is 94.0 Å². The Labute approximate surface area is 198 Å². The first-order chi connectivity index (χ1) is 15.8. The van der Waals surface area contributed by atoms with Crippen LogP contribution in [-0.2, 0) is 22.9 Å². The molecule has 0 aliphatic heterocycles. The number of nitrogens with one attached hydrogen (secondary N) is 2. The second-order valence-corrected chi connectivity index (χ2v) is 10.2. The summed E-state index contributed by atoms with van der Waals surface area (Å²) in [5, 5.41) is 13.8. The predicted molar refractivity (Wildman–Crippen MR) is 129 cm³/mol. The first kappa shape index (κ1) is 23.4. The molecule has 2 atom stereocenters. The van der Waals surface area contributed by atoms with E-state index in [1.807, 2.05) is 13.0 Å². The maximum absolute atomic E-state index is 13.0. The molecule has 0 bridgehead atoms. The summed E-state index contributed by atoms with van der Waals surface area (Å²) in [4.78, 5) is 12.8. The van der Waals surface area contributed by atoms with E-state index in [2.05, 4.69) is 10.0 Å². The molecule has 0 fully saturated rings. The number of benzene rings is 3.